The molecule has 0 aliphatic carbocycles. The topological polar surface area (TPSA) is 64.4 Å². The van der Waals surface area contributed by atoms with Crippen molar-refractivity contribution < 1.29 is 13.9 Å². The summed E-state index contributed by atoms with van der Waals surface area (Å²) in [6.07, 6.45) is 2.42. The molecule has 1 aromatic heterocycles. The van der Waals surface area contributed by atoms with Crippen LogP contribution in [0.1, 0.15) is 31.7 Å². The number of ether oxygens (including phenoxy) is 1. The second-order valence-electron chi connectivity index (χ2n) is 6.03. The van der Waals surface area contributed by atoms with Crippen LogP contribution in [0.15, 0.2) is 40.8 Å². The van der Waals surface area contributed by atoms with Crippen LogP contribution in [0.25, 0.3) is 22.6 Å². The third-order valence-corrected chi connectivity index (χ3v) is 4.11. The van der Waals surface area contributed by atoms with Crippen molar-refractivity contribution in [3.63, 3.8) is 0 Å². The molecule has 0 spiro atoms. The summed E-state index contributed by atoms with van der Waals surface area (Å²) in [6.45, 7) is 4.04. The number of benzene rings is 2. The van der Waals surface area contributed by atoms with Gasteiger partial charge in [0, 0.05) is 23.7 Å². The Morgan fingerprint density at radius 1 is 1.24 bits per heavy atom. The Morgan fingerprint density at radius 3 is 2.84 bits per heavy atom. The first kappa shape index (κ1) is 17.0. The number of nitrogens with one attached hydrogen (secondary N) is 1. The molecule has 0 saturated heterocycles. The van der Waals surface area contributed by atoms with Crippen LogP contribution in [-0.4, -0.2) is 18.0 Å². The molecule has 5 heteroatoms. The number of aryl methyl sites for hydroxylation is 1. The van der Waals surface area contributed by atoms with Gasteiger partial charge in [0.25, 0.3) is 0 Å². The summed E-state index contributed by atoms with van der Waals surface area (Å²) in [4.78, 5) is 16.6. The Balaban J connectivity index is 1.89. The molecule has 0 saturated carbocycles. The van der Waals surface area contributed by atoms with Crippen LogP contribution in [0.2, 0.25) is 0 Å². The second-order valence-corrected chi connectivity index (χ2v) is 6.03. The van der Waals surface area contributed by atoms with E-state index >= 15 is 0 Å². The van der Waals surface area contributed by atoms with E-state index in [2.05, 4.69) is 17.2 Å². The number of carbonyl (C=O) groups excluding carboxylic acids is 1. The minimum Gasteiger partial charge on any atom is -0.497 e. The summed E-state index contributed by atoms with van der Waals surface area (Å²) in [7, 11) is 1.62. The molecule has 25 heavy (non-hydrogen) atoms. The van der Waals surface area contributed by atoms with Crippen LogP contribution in [0.4, 0.5) is 5.69 Å². The Hall–Kier alpha value is -2.82. The number of methoxy groups -OCH3 is 1. The van der Waals surface area contributed by atoms with Crippen molar-refractivity contribution in [3.8, 4) is 17.2 Å². The summed E-state index contributed by atoms with van der Waals surface area (Å²) in [5, 5.41) is 2.98. The zero-order valence-electron chi connectivity index (χ0n) is 14.8. The molecule has 5 nitrogen and oxygen atoms in total. The SMILES string of the molecule is CCCCC(=O)Nc1cc(-c2nc3cc(OC)ccc3o2)ccc1C. The maximum atomic E-state index is 12.0. The molecule has 0 radical (unpaired) electrons. The van der Waals surface area contributed by atoms with Gasteiger partial charge in [-0.1, -0.05) is 19.4 Å². The van der Waals surface area contributed by atoms with E-state index in [0.717, 1.165) is 40.9 Å². The van der Waals surface area contributed by atoms with Crippen LogP contribution in [0, 0.1) is 6.92 Å². The molecule has 1 N–H and O–H groups in total. The Kier molecular flexibility index (Phi) is 5.03. The first-order valence-corrected chi connectivity index (χ1v) is 8.46. The fraction of sp³-hybridized carbons (Fsp3) is 0.300. The molecule has 3 aromatic rings. The van der Waals surface area contributed by atoms with Crippen molar-refractivity contribution in [3.05, 3.63) is 42.0 Å². The average Bonchev–Trinajstić information content (AvgIpc) is 3.04. The van der Waals surface area contributed by atoms with Gasteiger partial charge < -0.3 is 14.5 Å². The van der Waals surface area contributed by atoms with E-state index in [0.29, 0.717) is 17.9 Å². The summed E-state index contributed by atoms with van der Waals surface area (Å²) < 4.78 is 11.1. The maximum Gasteiger partial charge on any atom is 0.227 e. The molecule has 1 heterocycles. The molecule has 3 rings (SSSR count). The molecule has 2 aromatic carbocycles. The molecule has 0 unspecified atom stereocenters. The maximum absolute atomic E-state index is 12.0. The van der Waals surface area contributed by atoms with Crippen molar-refractivity contribution in [2.24, 2.45) is 0 Å². The smallest absolute Gasteiger partial charge is 0.227 e. The molecule has 0 aliphatic heterocycles. The number of carbonyl (C=O) groups is 1. The van der Waals surface area contributed by atoms with Gasteiger partial charge in [0.05, 0.1) is 7.11 Å². The Bertz CT molecular complexity index is 899. The van der Waals surface area contributed by atoms with Gasteiger partial charge in [-0.3, -0.25) is 4.79 Å². The monoisotopic (exact) mass is 338 g/mol. The van der Waals surface area contributed by atoms with Crippen LogP contribution in [-0.2, 0) is 4.79 Å². The van der Waals surface area contributed by atoms with Crippen LogP contribution >= 0.6 is 0 Å². The molecular weight excluding hydrogens is 316 g/mol. The van der Waals surface area contributed by atoms with E-state index in [-0.39, 0.29) is 5.91 Å². The van der Waals surface area contributed by atoms with Gasteiger partial charge in [0.1, 0.15) is 11.3 Å². The third-order valence-electron chi connectivity index (χ3n) is 4.11. The molecular formula is C20H22N2O3. The van der Waals surface area contributed by atoms with E-state index in [9.17, 15) is 4.79 Å². The van der Waals surface area contributed by atoms with Crippen molar-refractivity contribution in [2.45, 2.75) is 33.1 Å². The van der Waals surface area contributed by atoms with Gasteiger partial charge in [-0.2, -0.15) is 0 Å². The van der Waals surface area contributed by atoms with Gasteiger partial charge in [-0.05, 0) is 43.2 Å². The number of rotatable bonds is 6. The van der Waals surface area contributed by atoms with Crippen LogP contribution in [0.3, 0.4) is 0 Å². The Morgan fingerprint density at radius 2 is 2.08 bits per heavy atom. The summed E-state index contributed by atoms with van der Waals surface area (Å²) in [5.74, 6) is 1.29. The minimum atomic E-state index is 0.0319. The van der Waals surface area contributed by atoms with Gasteiger partial charge >= 0.3 is 0 Å². The number of unbranched alkanes of at least 4 members (excludes halogenated alkanes) is 1. The highest BCUT2D eigenvalue weighted by Gasteiger charge is 2.12. The number of anilines is 1. The van der Waals surface area contributed by atoms with Gasteiger partial charge in [-0.25, -0.2) is 4.98 Å². The fourth-order valence-corrected chi connectivity index (χ4v) is 2.60. The largest absolute Gasteiger partial charge is 0.497 e. The lowest BCUT2D eigenvalue weighted by Crippen LogP contribution is -2.11. The quantitative estimate of drug-likeness (QED) is 0.691. The highest BCUT2D eigenvalue weighted by atomic mass is 16.5. The van der Waals surface area contributed by atoms with Crippen molar-refractivity contribution >= 4 is 22.7 Å². The highest BCUT2D eigenvalue weighted by molar-refractivity contribution is 5.92. The number of fused-ring (bicyclic) bond motifs is 1. The molecule has 0 bridgehead atoms. The normalized spacial score (nSPS) is 10.8. The lowest BCUT2D eigenvalue weighted by atomic mass is 10.1. The summed E-state index contributed by atoms with van der Waals surface area (Å²) in [5.41, 5.74) is 4.06. The zero-order valence-corrected chi connectivity index (χ0v) is 14.8. The number of amides is 1. The van der Waals surface area contributed by atoms with Gasteiger partial charge in [-0.15, -0.1) is 0 Å². The van der Waals surface area contributed by atoms with Gasteiger partial charge in [0.2, 0.25) is 11.8 Å². The number of hydrogen-bond acceptors (Lipinski definition) is 4. The van der Waals surface area contributed by atoms with E-state index in [1.807, 2.05) is 43.3 Å². The Labute approximate surface area is 147 Å². The fourth-order valence-electron chi connectivity index (χ4n) is 2.60. The average molecular weight is 338 g/mol. The van der Waals surface area contributed by atoms with E-state index in [4.69, 9.17) is 9.15 Å². The number of oxazole rings is 1. The highest BCUT2D eigenvalue weighted by Crippen LogP contribution is 2.29. The van der Waals surface area contributed by atoms with E-state index in [1.165, 1.54) is 0 Å². The summed E-state index contributed by atoms with van der Waals surface area (Å²) >= 11 is 0. The molecule has 1 amide bonds. The number of hydrogen-bond donors (Lipinski definition) is 1. The zero-order chi connectivity index (χ0) is 17.8. The first-order chi connectivity index (χ1) is 12.1. The molecule has 0 fully saturated rings. The molecule has 0 aliphatic rings. The second kappa shape index (κ2) is 7.38. The molecule has 0 atom stereocenters. The number of aromatic nitrogens is 1. The van der Waals surface area contributed by atoms with Crippen LogP contribution in [0.5, 0.6) is 5.75 Å². The first-order valence-electron chi connectivity index (χ1n) is 8.46. The predicted octanol–water partition coefficient (Wildman–Crippen LogP) is 4.94. The van der Waals surface area contributed by atoms with E-state index in [1.54, 1.807) is 7.11 Å². The van der Waals surface area contributed by atoms with Crippen molar-refractivity contribution in [2.75, 3.05) is 12.4 Å². The third kappa shape index (κ3) is 3.82. The van der Waals surface area contributed by atoms with Crippen LogP contribution < -0.4 is 10.1 Å². The lowest BCUT2D eigenvalue weighted by molar-refractivity contribution is -0.116. The van der Waals surface area contributed by atoms with Gasteiger partial charge in [0.15, 0.2) is 5.58 Å². The summed E-state index contributed by atoms with van der Waals surface area (Å²) in [6, 6.07) is 11.3. The standard InChI is InChI=1S/C20H22N2O3/c1-4-5-6-19(23)21-16-11-14(8-7-13(16)2)20-22-17-12-15(24-3)9-10-18(17)25-20/h7-12H,4-6H2,1-3H3,(H,21,23). The molecule has 130 valence electrons. The van der Waals surface area contributed by atoms with Crippen molar-refractivity contribution in [1.82, 2.24) is 4.98 Å². The van der Waals surface area contributed by atoms with E-state index < -0.39 is 0 Å². The number of nitrogens with zero attached hydrogens (tertiary/aromatic N) is 1. The lowest BCUT2D eigenvalue weighted by Gasteiger charge is -2.09. The predicted molar refractivity (Wildman–Crippen MR) is 98.9 cm³/mol. The van der Waals surface area contributed by atoms with Crippen molar-refractivity contribution in [1.29, 1.82) is 0 Å². The minimum absolute atomic E-state index is 0.0319.